The maximum absolute atomic E-state index is 13.1. The smallest absolute Gasteiger partial charge is 0.207 e. The molecule has 0 amide bonds. The zero-order valence-electron chi connectivity index (χ0n) is 12.9. The maximum atomic E-state index is 13.1. The van der Waals surface area contributed by atoms with Crippen LogP contribution in [0.2, 0.25) is 0 Å². The summed E-state index contributed by atoms with van der Waals surface area (Å²) >= 11 is 1.89. The highest BCUT2D eigenvalue weighted by molar-refractivity contribution is 7.99. The Balaban J connectivity index is 1.98. The Bertz CT molecular complexity index is 628. The summed E-state index contributed by atoms with van der Waals surface area (Å²) in [4.78, 5) is 0.502. The van der Waals surface area contributed by atoms with Crippen molar-refractivity contribution in [1.82, 2.24) is 4.31 Å². The van der Waals surface area contributed by atoms with Crippen molar-refractivity contribution in [3.63, 3.8) is 0 Å². The Morgan fingerprint density at radius 3 is 2.33 bits per heavy atom. The Morgan fingerprint density at radius 1 is 1.14 bits per heavy atom. The van der Waals surface area contributed by atoms with E-state index in [1.165, 1.54) is 0 Å². The Hall–Kier alpha value is -0.520. The van der Waals surface area contributed by atoms with Crippen molar-refractivity contribution in [2.75, 3.05) is 6.26 Å². The SMILES string of the molecule is CSC1CC2CCC(C1)N2S(=O)(=O)c1cc(C)ccc1C. The topological polar surface area (TPSA) is 37.4 Å². The van der Waals surface area contributed by atoms with Crippen molar-refractivity contribution in [1.29, 1.82) is 0 Å². The molecule has 0 spiro atoms. The van der Waals surface area contributed by atoms with Crippen LogP contribution in [0.4, 0.5) is 0 Å². The van der Waals surface area contributed by atoms with Crippen LogP contribution in [0.3, 0.4) is 0 Å². The molecule has 116 valence electrons. The molecule has 1 aromatic carbocycles. The van der Waals surface area contributed by atoms with Crippen LogP contribution < -0.4 is 0 Å². The summed E-state index contributed by atoms with van der Waals surface area (Å²) in [6, 6.07) is 6.11. The number of aryl methyl sites for hydroxylation is 2. The predicted molar refractivity (Wildman–Crippen MR) is 88.3 cm³/mol. The fourth-order valence-corrected chi connectivity index (χ4v) is 6.80. The van der Waals surface area contributed by atoms with Gasteiger partial charge in [0.2, 0.25) is 10.0 Å². The lowest BCUT2D eigenvalue weighted by molar-refractivity contribution is 0.253. The molecule has 2 heterocycles. The van der Waals surface area contributed by atoms with E-state index < -0.39 is 10.0 Å². The minimum atomic E-state index is -3.36. The number of piperidine rings is 1. The first kappa shape index (κ1) is 15.4. The lowest BCUT2D eigenvalue weighted by atomic mass is 10.1. The number of fused-ring (bicyclic) bond motifs is 2. The summed E-state index contributed by atoms with van der Waals surface area (Å²) < 4.78 is 28.1. The van der Waals surface area contributed by atoms with Gasteiger partial charge in [0.1, 0.15) is 0 Å². The molecule has 2 aliphatic heterocycles. The van der Waals surface area contributed by atoms with E-state index in [0.717, 1.165) is 36.8 Å². The van der Waals surface area contributed by atoms with E-state index in [2.05, 4.69) is 6.26 Å². The van der Waals surface area contributed by atoms with Crippen LogP contribution in [0.15, 0.2) is 23.1 Å². The average Bonchev–Trinajstić information content (AvgIpc) is 2.73. The molecule has 3 nitrogen and oxygen atoms in total. The predicted octanol–water partition coefficient (Wildman–Crippen LogP) is 3.35. The monoisotopic (exact) mass is 325 g/mol. The summed E-state index contributed by atoms with van der Waals surface area (Å²) in [6.45, 7) is 3.84. The molecule has 3 rings (SSSR count). The molecule has 0 saturated carbocycles. The number of hydrogen-bond acceptors (Lipinski definition) is 3. The lowest BCUT2D eigenvalue weighted by Gasteiger charge is -2.37. The van der Waals surface area contributed by atoms with Crippen LogP contribution >= 0.6 is 11.8 Å². The summed E-state index contributed by atoms with van der Waals surface area (Å²) in [6.07, 6.45) is 6.18. The minimum absolute atomic E-state index is 0.200. The van der Waals surface area contributed by atoms with Gasteiger partial charge in [0.15, 0.2) is 0 Å². The average molecular weight is 325 g/mol. The van der Waals surface area contributed by atoms with E-state index in [1.807, 2.05) is 48.1 Å². The first-order valence-corrected chi connectivity index (χ1v) is 10.3. The number of nitrogens with zero attached hydrogens (tertiary/aromatic N) is 1. The molecule has 0 aromatic heterocycles. The van der Waals surface area contributed by atoms with Gasteiger partial charge in [-0.15, -0.1) is 0 Å². The van der Waals surface area contributed by atoms with Gasteiger partial charge in [-0.1, -0.05) is 12.1 Å². The molecule has 0 aliphatic carbocycles. The molecule has 2 aliphatic rings. The highest BCUT2D eigenvalue weighted by Gasteiger charge is 2.47. The summed E-state index contributed by atoms with van der Waals surface area (Å²) in [5.41, 5.74) is 1.86. The molecule has 0 radical (unpaired) electrons. The van der Waals surface area contributed by atoms with Crippen molar-refractivity contribution >= 4 is 21.8 Å². The highest BCUT2D eigenvalue weighted by atomic mass is 32.2. The first-order chi connectivity index (χ1) is 9.93. The van der Waals surface area contributed by atoms with Gasteiger partial charge >= 0.3 is 0 Å². The van der Waals surface area contributed by atoms with Crippen molar-refractivity contribution in [3.05, 3.63) is 29.3 Å². The third-order valence-corrected chi connectivity index (χ3v) is 8.05. The summed E-state index contributed by atoms with van der Waals surface area (Å²) in [5.74, 6) is 0. The van der Waals surface area contributed by atoms with Gasteiger partial charge in [-0.2, -0.15) is 16.1 Å². The second-order valence-corrected chi connectivity index (χ2v) is 9.27. The number of sulfonamides is 1. The van der Waals surface area contributed by atoms with E-state index in [0.29, 0.717) is 10.1 Å². The van der Waals surface area contributed by atoms with Crippen LogP contribution in [-0.4, -0.2) is 36.3 Å². The Morgan fingerprint density at radius 2 is 1.76 bits per heavy atom. The van der Waals surface area contributed by atoms with Gasteiger partial charge in [0.05, 0.1) is 4.90 Å². The first-order valence-electron chi connectivity index (χ1n) is 7.57. The number of rotatable bonds is 3. The molecular weight excluding hydrogens is 302 g/mol. The molecule has 1 aromatic rings. The zero-order chi connectivity index (χ0) is 15.2. The number of hydrogen-bond donors (Lipinski definition) is 0. The van der Waals surface area contributed by atoms with Crippen molar-refractivity contribution in [2.45, 2.75) is 61.8 Å². The summed E-state index contributed by atoms with van der Waals surface area (Å²) in [7, 11) is -3.36. The second-order valence-electron chi connectivity index (χ2n) is 6.32. The Kier molecular flexibility index (Phi) is 4.10. The van der Waals surface area contributed by atoms with Crippen LogP contribution in [0.1, 0.15) is 36.8 Å². The molecular formula is C16H23NO2S2. The number of thioether (sulfide) groups is 1. The second kappa shape index (κ2) is 5.60. The normalized spacial score (nSPS) is 29.8. The standard InChI is InChI=1S/C16H23NO2S2/c1-11-4-5-12(2)16(8-11)21(18,19)17-13-6-7-14(17)10-15(9-13)20-3/h4-5,8,13-15H,6-7,9-10H2,1-3H3. The van der Waals surface area contributed by atoms with Crippen molar-refractivity contribution in [3.8, 4) is 0 Å². The van der Waals surface area contributed by atoms with Gasteiger partial charge < -0.3 is 0 Å². The van der Waals surface area contributed by atoms with Crippen LogP contribution in [-0.2, 0) is 10.0 Å². The molecule has 0 N–H and O–H groups in total. The third-order valence-electron chi connectivity index (χ3n) is 4.86. The van der Waals surface area contributed by atoms with Gasteiger partial charge in [-0.25, -0.2) is 8.42 Å². The summed E-state index contributed by atoms with van der Waals surface area (Å²) in [5, 5.41) is 0.618. The largest absolute Gasteiger partial charge is 0.243 e. The van der Waals surface area contributed by atoms with E-state index in [1.54, 1.807) is 0 Å². The molecule has 2 fully saturated rings. The maximum Gasteiger partial charge on any atom is 0.243 e. The lowest BCUT2D eigenvalue weighted by Crippen LogP contribution is -2.47. The van der Waals surface area contributed by atoms with Gasteiger partial charge in [0.25, 0.3) is 0 Å². The molecule has 21 heavy (non-hydrogen) atoms. The third kappa shape index (κ3) is 2.64. The van der Waals surface area contributed by atoms with Crippen molar-refractivity contribution in [2.24, 2.45) is 0 Å². The van der Waals surface area contributed by atoms with E-state index in [4.69, 9.17) is 0 Å². The molecule has 2 saturated heterocycles. The van der Waals surface area contributed by atoms with Gasteiger partial charge in [-0.3, -0.25) is 0 Å². The quantitative estimate of drug-likeness (QED) is 0.855. The molecule has 2 bridgehead atoms. The van der Waals surface area contributed by atoms with E-state index >= 15 is 0 Å². The van der Waals surface area contributed by atoms with Gasteiger partial charge in [0, 0.05) is 17.3 Å². The zero-order valence-corrected chi connectivity index (χ0v) is 14.5. The van der Waals surface area contributed by atoms with Crippen LogP contribution in [0.25, 0.3) is 0 Å². The fraction of sp³-hybridized carbons (Fsp3) is 0.625. The minimum Gasteiger partial charge on any atom is -0.207 e. The molecule has 2 unspecified atom stereocenters. The Labute approximate surface area is 132 Å². The van der Waals surface area contributed by atoms with Crippen LogP contribution in [0.5, 0.6) is 0 Å². The highest BCUT2D eigenvalue weighted by Crippen LogP contribution is 2.43. The fourth-order valence-electron chi connectivity index (χ4n) is 3.77. The van der Waals surface area contributed by atoms with Crippen molar-refractivity contribution < 1.29 is 8.42 Å². The molecule has 2 atom stereocenters. The number of benzene rings is 1. The van der Waals surface area contributed by atoms with E-state index in [-0.39, 0.29) is 12.1 Å². The molecule has 5 heteroatoms. The van der Waals surface area contributed by atoms with Crippen LogP contribution in [0, 0.1) is 13.8 Å². The van der Waals surface area contributed by atoms with E-state index in [9.17, 15) is 8.42 Å². The van der Waals surface area contributed by atoms with Gasteiger partial charge in [-0.05, 0) is 63.0 Å².